The maximum Gasteiger partial charge on any atom is 0.309 e. The zero-order valence-corrected chi connectivity index (χ0v) is 15.2. The monoisotopic (exact) mass is 329 g/mol. The van der Waals surface area contributed by atoms with Crippen molar-refractivity contribution in [2.45, 2.75) is 64.3 Å². The molecule has 2 atom stereocenters. The highest BCUT2D eigenvalue weighted by Gasteiger charge is 2.32. The zero-order chi connectivity index (χ0) is 16.9. The Morgan fingerprint density at radius 3 is 2.50 bits per heavy atom. The van der Waals surface area contributed by atoms with Crippen molar-refractivity contribution in [1.29, 1.82) is 0 Å². The van der Waals surface area contributed by atoms with E-state index < -0.39 is 0 Å². The van der Waals surface area contributed by atoms with Crippen LogP contribution in [0.1, 0.15) is 62.5 Å². The first-order chi connectivity index (χ1) is 11.7. The van der Waals surface area contributed by atoms with Crippen LogP contribution in [-0.2, 0) is 9.53 Å². The molecule has 2 unspecified atom stereocenters. The maximum atomic E-state index is 11.9. The van der Waals surface area contributed by atoms with E-state index in [-0.39, 0.29) is 11.9 Å². The molecule has 0 aromatic heterocycles. The molecule has 1 aliphatic carbocycles. The van der Waals surface area contributed by atoms with Gasteiger partial charge in [-0.3, -0.25) is 4.79 Å². The highest BCUT2D eigenvalue weighted by atomic mass is 16.5. The Balaban J connectivity index is 1.54. The standard InChI is InChI=1S/C21H31NO2/c1-3-24-21(23)18-11-13-22(14-12-18)20-6-4-5-19(15-20)17-9-7-16(2)8-10-17/h7-10,18-20H,3-6,11-15H2,1-2H3. The van der Waals surface area contributed by atoms with Crippen molar-refractivity contribution < 1.29 is 9.53 Å². The first-order valence-corrected chi connectivity index (χ1v) is 9.64. The van der Waals surface area contributed by atoms with E-state index in [9.17, 15) is 4.79 Å². The largest absolute Gasteiger partial charge is 0.466 e. The number of benzene rings is 1. The van der Waals surface area contributed by atoms with Crippen LogP contribution >= 0.6 is 0 Å². The van der Waals surface area contributed by atoms with Crippen LogP contribution < -0.4 is 0 Å². The molecule has 0 spiro atoms. The van der Waals surface area contributed by atoms with Crippen LogP contribution in [0.2, 0.25) is 0 Å². The molecule has 2 fully saturated rings. The van der Waals surface area contributed by atoms with Gasteiger partial charge in [0.25, 0.3) is 0 Å². The number of hydrogen-bond donors (Lipinski definition) is 0. The van der Waals surface area contributed by atoms with Gasteiger partial charge in [0.2, 0.25) is 0 Å². The number of piperidine rings is 1. The Kier molecular flexibility index (Phi) is 5.94. The first kappa shape index (κ1) is 17.5. The highest BCUT2D eigenvalue weighted by molar-refractivity contribution is 5.72. The molecule has 2 aliphatic rings. The molecule has 3 nitrogen and oxygen atoms in total. The van der Waals surface area contributed by atoms with E-state index in [4.69, 9.17) is 4.74 Å². The van der Waals surface area contributed by atoms with Gasteiger partial charge < -0.3 is 9.64 Å². The highest BCUT2D eigenvalue weighted by Crippen LogP contribution is 2.36. The first-order valence-electron chi connectivity index (χ1n) is 9.64. The summed E-state index contributed by atoms with van der Waals surface area (Å²) in [5, 5.41) is 0. The van der Waals surface area contributed by atoms with E-state index in [1.165, 1.54) is 36.8 Å². The molecule has 0 bridgehead atoms. The van der Waals surface area contributed by atoms with Gasteiger partial charge in [-0.25, -0.2) is 0 Å². The lowest BCUT2D eigenvalue weighted by Crippen LogP contribution is -2.44. The minimum absolute atomic E-state index is 0.0123. The molecule has 1 aromatic carbocycles. The lowest BCUT2D eigenvalue weighted by molar-refractivity contribution is -0.149. The third kappa shape index (κ3) is 4.18. The minimum Gasteiger partial charge on any atom is -0.466 e. The summed E-state index contributed by atoms with van der Waals surface area (Å²) in [6.45, 7) is 6.64. The molecule has 1 heterocycles. The van der Waals surface area contributed by atoms with Crippen LogP contribution in [0.5, 0.6) is 0 Å². The van der Waals surface area contributed by atoms with Crippen LogP contribution in [0.25, 0.3) is 0 Å². The Morgan fingerprint density at radius 1 is 1.12 bits per heavy atom. The normalized spacial score (nSPS) is 26.2. The fraction of sp³-hybridized carbons (Fsp3) is 0.667. The quantitative estimate of drug-likeness (QED) is 0.772. The number of aryl methyl sites for hydroxylation is 1. The number of nitrogens with zero attached hydrogens (tertiary/aromatic N) is 1. The van der Waals surface area contributed by atoms with Crippen molar-refractivity contribution in [2.24, 2.45) is 5.92 Å². The van der Waals surface area contributed by atoms with Crippen LogP contribution in [0, 0.1) is 12.8 Å². The molecule has 0 N–H and O–H groups in total. The van der Waals surface area contributed by atoms with Gasteiger partial charge in [-0.15, -0.1) is 0 Å². The average molecular weight is 329 g/mol. The van der Waals surface area contributed by atoms with Gasteiger partial charge >= 0.3 is 5.97 Å². The van der Waals surface area contributed by atoms with E-state index in [1.54, 1.807) is 0 Å². The molecule has 1 saturated carbocycles. The van der Waals surface area contributed by atoms with Crippen molar-refractivity contribution >= 4 is 5.97 Å². The third-order valence-electron chi connectivity index (χ3n) is 5.86. The average Bonchev–Trinajstić information content (AvgIpc) is 2.63. The van der Waals surface area contributed by atoms with Gasteiger partial charge in [0.05, 0.1) is 12.5 Å². The number of carbonyl (C=O) groups is 1. The minimum atomic E-state index is 0.0123. The Hall–Kier alpha value is -1.35. The lowest BCUT2D eigenvalue weighted by Gasteiger charge is -2.41. The van der Waals surface area contributed by atoms with Crippen LogP contribution in [-0.4, -0.2) is 36.6 Å². The molecule has 1 aromatic rings. The molecular formula is C21H31NO2. The Labute approximate surface area is 146 Å². The summed E-state index contributed by atoms with van der Waals surface area (Å²) in [5.41, 5.74) is 2.85. The van der Waals surface area contributed by atoms with Crippen molar-refractivity contribution in [2.75, 3.05) is 19.7 Å². The van der Waals surface area contributed by atoms with Gasteiger partial charge in [-0.1, -0.05) is 36.2 Å². The summed E-state index contributed by atoms with van der Waals surface area (Å²) in [5.74, 6) is 0.836. The van der Waals surface area contributed by atoms with Gasteiger partial charge in [0.15, 0.2) is 0 Å². The van der Waals surface area contributed by atoms with Crippen molar-refractivity contribution in [3.63, 3.8) is 0 Å². The summed E-state index contributed by atoms with van der Waals surface area (Å²) < 4.78 is 5.19. The topological polar surface area (TPSA) is 29.5 Å². The Morgan fingerprint density at radius 2 is 1.83 bits per heavy atom. The summed E-state index contributed by atoms with van der Waals surface area (Å²) in [4.78, 5) is 14.5. The van der Waals surface area contributed by atoms with E-state index in [0.29, 0.717) is 18.6 Å². The van der Waals surface area contributed by atoms with E-state index in [1.807, 2.05) is 6.92 Å². The number of carbonyl (C=O) groups excluding carboxylic acids is 1. The van der Waals surface area contributed by atoms with Crippen molar-refractivity contribution in [3.05, 3.63) is 35.4 Å². The molecule has 0 radical (unpaired) electrons. The summed E-state index contributed by atoms with van der Waals surface area (Å²) >= 11 is 0. The summed E-state index contributed by atoms with van der Waals surface area (Å²) in [6.07, 6.45) is 7.15. The van der Waals surface area contributed by atoms with E-state index in [0.717, 1.165) is 25.9 Å². The molecule has 132 valence electrons. The fourth-order valence-electron chi connectivity index (χ4n) is 4.40. The number of likely N-dealkylation sites (tertiary alicyclic amines) is 1. The maximum absolute atomic E-state index is 11.9. The molecule has 3 rings (SSSR count). The second kappa shape index (κ2) is 8.15. The van der Waals surface area contributed by atoms with Gasteiger partial charge in [-0.05, 0) is 70.5 Å². The van der Waals surface area contributed by atoms with Crippen LogP contribution in [0.15, 0.2) is 24.3 Å². The molecule has 0 amide bonds. The Bertz CT molecular complexity index is 531. The predicted octanol–water partition coefficient (Wildman–Crippen LogP) is 4.30. The smallest absolute Gasteiger partial charge is 0.309 e. The van der Waals surface area contributed by atoms with Crippen LogP contribution in [0.3, 0.4) is 0 Å². The SMILES string of the molecule is CCOC(=O)C1CCN(C2CCCC(c3ccc(C)cc3)C2)CC1. The number of ether oxygens (including phenoxy) is 1. The van der Waals surface area contributed by atoms with Gasteiger partial charge in [0.1, 0.15) is 0 Å². The van der Waals surface area contributed by atoms with E-state index >= 15 is 0 Å². The summed E-state index contributed by atoms with van der Waals surface area (Å²) in [7, 11) is 0. The van der Waals surface area contributed by atoms with Crippen molar-refractivity contribution in [3.8, 4) is 0 Å². The third-order valence-corrected chi connectivity index (χ3v) is 5.86. The van der Waals surface area contributed by atoms with E-state index in [2.05, 4.69) is 36.1 Å². The zero-order valence-electron chi connectivity index (χ0n) is 15.2. The second-order valence-electron chi connectivity index (χ2n) is 7.49. The molecule has 3 heteroatoms. The predicted molar refractivity (Wildman–Crippen MR) is 97.1 cm³/mol. The molecular weight excluding hydrogens is 298 g/mol. The number of hydrogen-bond acceptors (Lipinski definition) is 3. The van der Waals surface area contributed by atoms with Gasteiger partial charge in [0, 0.05) is 6.04 Å². The summed E-state index contributed by atoms with van der Waals surface area (Å²) in [6, 6.07) is 9.80. The second-order valence-corrected chi connectivity index (χ2v) is 7.49. The van der Waals surface area contributed by atoms with Gasteiger partial charge in [-0.2, -0.15) is 0 Å². The molecule has 24 heavy (non-hydrogen) atoms. The molecule has 1 aliphatic heterocycles. The number of rotatable bonds is 4. The van der Waals surface area contributed by atoms with Crippen LogP contribution in [0.4, 0.5) is 0 Å². The fourth-order valence-corrected chi connectivity index (χ4v) is 4.40. The van der Waals surface area contributed by atoms with Crippen molar-refractivity contribution in [1.82, 2.24) is 4.90 Å². The lowest BCUT2D eigenvalue weighted by atomic mass is 9.80. The molecule has 1 saturated heterocycles. The number of esters is 1.